The van der Waals surface area contributed by atoms with Gasteiger partial charge in [0.25, 0.3) is 0 Å². The maximum absolute atomic E-state index is 15.3. The number of hydrogen-bond donors (Lipinski definition) is 0. The van der Waals surface area contributed by atoms with Crippen LogP contribution in [0.15, 0.2) is 72.8 Å². The third-order valence-corrected chi connectivity index (χ3v) is 6.21. The van der Waals surface area contributed by atoms with Crippen LogP contribution in [0.2, 0.25) is 0 Å². The molecule has 0 heterocycles. The summed E-state index contributed by atoms with van der Waals surface area (Å²) in [5, 5.41) is 2.51. The maximum atomic E-state index is 15.3. The molecular weight excluding hydrogens is 398 g/mol. The molecule has 0 radical (unpaired) electrons. The van der Waals surface area contributed by atoms with Crippen molar-refractivity contribution in [3.63, 3.8) is 0 Å². The van der Waals surface area contributed by atoms with E-state index in [0.717, 1.165) is 44.1 Å². The van der Waals surface area contributed by atoms with Crippen LogP contribution in [0.3, 0.4) is 0 Å². The van der Waals surface area contributed by atoms with Gasteiger partial charge in [0.2, 0.25) is 0 Å². The molecule has 164 valence electrons. The van der Waals surface area contributed by atoms with Crippen molar-refractivity contribution in [1.82, 2.24) is 0 Å². The first-order chi connectivity index (χ1) is 15.6. The van der Waals surface area contributed by atoms with Gasteiger partial charge in [0.05, 0.1) is 0 Å². The Morgan fingerprint density at radius 1 is 0.688 bits per heavy atom. The van der Waals surface area contributed by atoms with Gasteiger partial charge in [-0.3, -0.25) is 0 Å². The summed E-state index contributed by atoms with van der Waals surface area (Å²) in [4.78, 5) is 0. The average molecular weight is 429 g/mol. The Balaban J connectivity index is 1.90. The largest absolute Gasteiger partial charge is 0.207 e. The summed E-state index contributed by atoms with van der Waals surface area (Å²) in [6.07, 6.45) is 6.37. The van der Waals surface area contributed by atoms with Gasteiger partial charge in [0.1, 0.15) is 11.6 Å². The van der Waals surface area contributed by atoms with E-state index in [2.05, 4.69) is 44.2 Å². The predicted molar refractivity (Wildman–Crippen MR) is 132 cm³/mol. The topological polar surface area (TPSA) is 0 Å². The van der Waals surface area contributed by atoms with Crippen molar-refractivity contribution in [2.24, 2.45) is 0 Å². The number of unbranched alkanes of at least 4 members (excludes halogenated alkanes) is 2. The summed E-state index contributed by atoms with van der Waals surface area (Å²) in [5.41, 5.74) is 5.67. The van der Waals surface area contributed by atoms with E-state index in [1.54, 1.807) is 24.3 Å². The molecule has 0 unspecified atom stereocenters. The van der Waals surface area contributed by atoms with E-state index in [1.807, 2.05) is 6.07 Å². The lowest BCUT2D eigenvalue weighted by Crippen LogP contribution is -2.00. The second-order valence-electron chi connectivity index (χ2n) is 8.52. The molecule has 0 nitrogen and oxygen atoms in total. The first kappa shape index (κ1) is 22.2. The highest BCUT2D eigenvalue weighted by Gasteiger charge is 2.17. The molecule has 0 spiro atoms. The maximum Gasteiger partial charge on any atom is 0.131 e. The Kier molecular flexibility index (Phi) is 6.99. The van der Waals surface area contributed by atoms with Gasteiger partial charge in [-0.2, -0.15) is 0 Å². The van der Waals surface area contributed by atoms with Gasteiger partial charge >= 0.3 is 0 Å². The smallest absolute Gasteiger partial charge is 0.131 e. The molecule has 0 aliphatic carbocycles. The van der Waals surface area contributed by atoms with Crippen LogP contribution < -0.4 is 0 Å². The molecular formula is C30H30F2. The number of aryl methyl sites for hydroxylation is 2. The molecule has 0 aliphatic rings. The highest BCUT2D eigenvalue weighted by atomic mass is 19.1. The second kappa shape index (κ2) is 10.1. The first-order valence-corrected chi connectivity index (χ1v) is 11.7. The molecule has 0 atom stereocenters. The fourth-order valence-electron chi connectivity index (χ4n) is 4.58. The van der Waals surface area contributed by atoms with Crippen LogP contribution in [0.5, 0.6) is 0 Å². The molecule has 0 saturated heterocycles. The summed E-state index contributed by atoms with van der Waals surface area (Å²) >= 11 is 0. The normalized spacial score (nSPS) is 11.2. The van der Waals surface area contributed by atoms with Crippen LogP contribution in [0, 0.1) is 11.6 Å². The zero-order valence-corrected chi connectivity index (χ0v) is 18.9. The molecule has 0 N–H and O–H groups in total. The van der Waals surface area contributed by atoms with Gasteiger partial charge in [-0.15, -0.1) is 0 Å². The van der Waals surface area contributed by atoms with Crippen molar-refractivity contribution in [3.05, 3.63) is 95.6 Å². The third-order valence-electron chi connectivity index (χ3n) is 6.21. The van der Waals surface area contributed by atoms with Gasteiger partial charge in [-0.1, -0.05) is 81.3 Å². The Hall–Kier alpha value is -3.00. The summed E-state index contributed by atoms with van der Waals surface area (Å²) < 4.78 is 29.0. The van der Waals surface area contributed by atoms with Crippen molar-refractivity contribution in [3.8, 4) is 22.3 Å². The first-order valence-electron chi connectivity index (χ1n) is 11.7. The highest BCUT2D eigenvalue weighted by Crippen LogP contribution is 2.38. The van der Waals surface area contributed by atoms with E-state index in [-0.39, 0.29) is 11.6 Å². The summed E-state index contributed by atoms with van der Waals surface area (Å²) in [7, 11) is 0. The number of benzene rings is 4. The van der Waals surface area contributed by atoms with E-state index in [4.69, 9.17) is 0 Å². The summed E-state index contributed by atoms with van der Waals surface area (Å²) in [6.45, 7) is 4.41. The number of fused-ring (bicyclic) bond motifs is 1. The third kappa shape index (κ3) is 4.60. The van der Waals surface area contributed by atoms with E-state index < -0.39 is 0 Å². The molecule has 2 heteroatoms. The number of halogens is 2. The Labute approximate surface area is 189 Å². The lowest BCUT2D eigenvalue weighted by atomic mass is 9.85. The standard InChI is InChI=1S/C30H30F2/c1-3-5-10-23-18-21-11-7-8-15-26(21)28(14-6-4-2)30(23)24-16-17-27(29(32)20-24)22-12-9-13-25(31)19-22/h7-9,11-13,15-20H,3-6,10,14H2,1-2H3. The van der Waals surface area contributed by atoms with Crippen LogP contribution in [0.4, 0.5) is 8.78 Å². The van der Waals surface area contributed by atoms with Crippen molar-refractivity contribution < 1.29 is 8.78 Å². The minimum Gasteiger partial charge on any atom is -0.207 e. The lowest BCUT2D eigenvalue weighted by Gasteiger charge is -2.19. The molecule has 32 heavy (non-hydrogen) atoms. The van der Waals surface area contributed by atoms with E-state index in [9.17, 15) is 4.39 Å². The van der Waals surface area contributed by atoms with Crippen LogP contribution >= 0.6 is 0 Å². The molecule has 4 aromatic rings. The molecule has 0 saturated carbocycles. The van der Waals surface area contributed by atoms with Crippen molar-refractivity contribution in [1.29, 1.82) is 0 Å². The zero-order valence-electron chi connectivity index (χ0n) is 18.9. The van der Waals surface area contributed by atoms with Gasteiger partial charge in [-0.05, 0) is 82.5 Å². The van der Waals surface area contributed by atoms with Gasteiger partial charge < -0.3 is 0 Å². The highest BCUT2D eigenvalue weighted by molar-refractivity contribution is 5.94. The van der Waals surface area contributed by atoms with E-state index in [0.29, 0.717) is 11.1 Å². The quantitative estimate of drug-likeness (QED) is 0.262. The fraction of sp³-hybridized carbons (Fsp3) is 0.267. The Morgan fingerprint density at radius 3 is 2.22 bits per heavy atom. The fourth-order valence-corrected chi connectivity index (χ4v) is 4.58. The van der Waals surface area contributed by atoms with E-state index >= 15 is 4.39 Å². The minimum atomic E-state index is -0.357. The molecule has 0 aromatic heterocycles. The van der Waals surface area contributed by atoms with E-state index in [1.165, 1.54) is 39.6 Å². The van der Waals surface area contributed by atoms with Crippen molar-refractivity contribution >= 4 is 10.8 Å². The molecule has 0 aliphatic heterocycles. The molecule has 4 aromatic carbocycles. The monoisotopic (exact) mass is 428 g/mol. The van der Waals surface area contributed by atoms with Crippen molar-refractivity contribution in [2.75, 3.05) is 0 Å². The second-order valence-corrected chi connectivity index (χ2v) is 8.52. The minimum absolute atomic E-state index is 0.316. The molecule has 0 bridgehead atoms. The zero-order chi connectivity index (χ0) is 22.5. The van der Waals surface area contributed by atoms with Crippen molar-refractivity contribution in [2.45, 2.75) is 52.4 Å². The summed E-state index contributed by atoms with van der Waals surface area (Å²) in [5.74, 6) is -0.673. The lowest BCUT2D eigenvalue weighted by molar-refractivity contribution is 0.625. The van der Waals surface area contributed by atoms with Crippen LogP contribution in [0.25, 0.3) is 33.0 Å². The Morgan fingerprint density at radius 2 is 1.47 bits per heavy atom. The average Bonchev–Trinajstić information content (AvgIpc) is 2.80. The predicted octanol–water partition coefficient (Wildman–Crippen LogP) is 9.14. The van der Waals surface area contributed by atoms with Gasteiger partial charge in [0.15, 0.2) is 0 Å². The number of rotatable bonds is 8. The van der Waals surface area contributed by atoms with Crippen LogP contribution in [-0.2, 0) is 12.8 Å². The molecule has 4 rings (SSSR count). The van der Waals surface area contributed by atoms with Crippen LogP contribution in [0.1, 0.15) is 50.7 Å². The SMILES string of the molecule is CCCCc1cc2ccccc2c(CCCC)c1-c1ccc(-c2cccc(F)c2)c(F)c1. The molecule has 0 amide bonds. The van der Waals surface area contributed by atoms with Gasteiger partial charge in [0, 0.05) is 5.56 Å². The number of hydrogen-bond acceptors (Lipinski definition) is 0. The Bertz CT molecular complexity index is 1220. The molecule has 0 fully saturated rings. The van der Waals surface area contributed by atoms with Gasteiger partial charge in [-0.25, -0.2) is 8.78 Å². The van der Waals surface area contributed by atoms with Crippen LogP contribution in [-0.4, -0.2) is 0 Å². The summed E-state index contributed by atoms with van der Waals surface area (Å²) in [6, 6.07) is 22.4.